The predicted octanol–water partition coefficient (Wildman–Crippen LogP) is 3.28. The Kier molecular flexibility index (Phi) is 4.50. The summed E-state index contributed by atoms with van der Waals surface area (Å²) >= 11 is 0. The third-order valence-electron chi connectivity index (χ3n) is 2.94. The van der Waals surface area contributed by atoms with Gasteiger partial charge in [0.2, 0.25) is 0 Å². The first-order valence-electron chi connectivity index (χ1n) is 6.10. The molecule has 5 heteroatoms. The van der Waals surface area contributed by atoms with Crippen molar-refractivity contribution in [1.82, 2.24) is 0 Å². The second-order valence-corrected chi connectivity index (χ2v) is 4.24. The Morgan fingerprint density at radius 3 is 2.15 bits per heavy atom. The van der Waals surface area contributed by atoms with E-state index in [4.69, 9.17) is 5.53 Å². The fourth-order valence-electron chi connectivity index (χ4n) is 1.92. The Balaban J connectivity index is 2.32. The quantitative estimate of drug-likeness (QED) is 0.390. The van der Waals surface area contributed by atoms with Gasteiger partial charge in [-0.25, -0.2) is 0 Å². The molecular formula is C15H13N3O2. The molecule has 0 bridgehead atoms. The Labute approximate surface area is 116 Å². The van der Waals surface area contributed by atoms with Crippen LogP contribution in [0.5, 0.6) is 0 Å². The molecule has 5 nitrogen and oxygen atoms in total. The normalized spacial score (nSPS) is 13.1. The van der Waals surface area contributed by atoms with Crippen LogP contribution in [0.15, 0.2) is 65.8 Å². The van der Waals surface area contributed by atoms with Crippen LogP contribution < -0.4 is 0 Å². The molecule has 2 aromatic carbocycles. The average Bonchev–Trinajstić information content (AvgIpc) is 2.53. The van der Waals surface area contributed by atoms with Gasteiger partial charge in [0.25, 0.3) is 0 Å². The van der Waals surface area contributed by atoms with E-state index in [1.165, 1.54) is 0 Å². The number of aliphatic hydroxyl groups is 1. The van der Waals surface area contributed by atoms with Gasteiger partial charge in [-0.3, -0.25) is 4.79 Å². The van der Waals surface area contributed by atoms with E-state index in [0.717, 1.165) is 0 Å². The third-order valence-corrected chi connectivity index (χ3v) is 2.94. The Bertz CT molecular complexity index is 622. The molecule has 2 aromatic rings. The van der Waals surface area contributed by atoms with E-state index in [1.807, 2.05) is 0 Å². The second-order valence-electron chi connectivity index (χ2n) is 4.24. The number of aliphatic hydroxyl groups excluding tert-OH is 1. The van der Waals surface area contributed by atoms with Crippen molar-refractivity contribution in [2.75, 3.05) is 0 Å². The zero-order valence-electron chi connectivity index (χ0n) is 10.6. The number of nitrogens with zero attached hydrogens (tertiary/aromatic N) is 3. The van der Waals surface area contributed by atoms with Crippen molar-refractivity contribution in [1.29, 1.82) is 0 Å². The summed E-state index contributed by atoms with van der Waals surface area (Å²) in [5.41, 5.74) is 9.56. The molecule has 0 heterocycles. The lowest BCUT2D eigenvalue weighted by molar-refractivity contribution is 0.0818. The molecule has 2 atom stereocenters. The first-order chi connectivity index (χ1) is 9.74. The van der Waals surface area contributed by atoms with E-state index in [-0.39, 0.29) is 0 Å². The summed E-state index contributed by atoms with van der Waals surface area (Å²) in [4.78, 5) is 15.0. The molecule has 0 amide bonds. The van der Waals surface area contributed by atoms with Crippen molar-refractivity contribution in [3.8, 4) is 0 Å². The maximum Gasteiger partial charge on any atom is 0.174 e. The molecule has 0 aliphatic carbocycles. The van der Waals surface area contributed by atoms with Crippen molar-refractivity contribution >= 4 is 5.78 Å². The summed E-state index contributed by atoms with van der Waals surface area (Å²) in [6.07, 6.45) is -1.17. The third kappa shape index (κ3) is 3.03. The van der Waals surface area contributed by atoms with Crippen LogP contribution in [0.1, 0.15) is 22.0 Å². The van der Waals surface area contributed by atoms with E-state index in [0.29, 0.717) is 11.1 Å². The maximum absolute atomic E-state index is 12.3. The number of carbonyl (C=O) groups is 1. The molecular weight excluding hydrogens is 254 g/mol. The first kappa shape index (κ1) is 13.8. The Hall–Kier alpha value is -2.62. The summed E-state index contributed by atoms with van der Waals surface area (Å²) in [5, 5.41) is 13.7. The van der Waals surface area contributed by atoms with Crippen LogP contribution in [-0.4, -0.2) is 16.9 Å². The Morgan fingerprint density at radius 2 is 1.60 bits per heavy atom. The van der Waals surface area contributed by atoms with Crippen molar-refractivity contribution in [2.45, 2.75) is 12.1 Å². The van der Waals surface area contributed by atoms with Crippen LogP contribution in [0, 0.1) is 0 Å². The SMILES string of the molecule is [N-]=[N+]=N[C@H](C(=O)c1ccccc1)[C@H](O)c1ccccc1. The molecule has 0 aromatic heterocycles. The lowest BCUT2D eigenvalue weighted by Gasteiger charge is -2.17. The number of hydrogen-bond acceptors (Lipinski definition) is 3. The summed E-state index contributed by atoms with van der Waals surface area (Å²) in [5.74, 6) is -0.403. The summed E-state index contributed by atoms with van der Waals surface area (Å²) < 4.78 is 0. The van der Waals surface area contributed by atoms with Gasteiger partial charge in [0, 0.05) is 10.5 Å². The van der Waals surface area contributed by atoms with Crippen molar-refractivity contribution in [3.63, 3.8) is 0 Å². The van der Waals surface area contributed by atoms with Crippen LogP contribution in [0.3, 0.4) is 0 Å². The van der Waals surface area contributed by atoms with Gasteiger partial charge < -0.3 is 5.11 Å². The second kappa shape index (κ2) is 6.52. The van der Waals surface area contributed by atoms with Crippen LogP contribution in [0.2, 0.25) is 0 Å². The summed E-state index contributed by atoms with van der Waals surface area (Å²) in [7, 11) is 0. The molecule has 0 spiro atoms. The lowest BCUT2D eigenvalue weighted by Crippen LogP contribution is -2.26. The fraction of sp³-hybridized carbons (Fsp3) is 0.133. The number of carbonyl (C=O) groups excluding carboxylic acids is 1. The number of azide groups is 1. The molecule has 20 heavy (non-hydrogen) atoms. The monoisotopic (exact) mass is 267 g/mol. The fourth-order valence-corrected chi connectivity index (χ4v) is 1.92. The van der Waals surface area contributed by atoms with Crippen LogP contribution in [0.25, 0.3) is 10.4 Å². The summed E-state index contributed by atoms with van der Waals surface area (Å²) in [6, 6.07) is 16.0. The zero-order valence-corrected chi connectivity index (χ0v) is 10.6. The highest BCUT2D eigenvalue weighted by molar-refractivity contribution is 6.00. The highest BCUT2D eigenvalue weighted by Crippen LogP contribution is 2.22. The van der Waals surface area contributed by atoms with Crippen LogP contribution >= 0.6 is 0 Å². The van der Waals surface area contributed by atoms with Gasteiger partial charge in [0.05, 0.1) is 6.10 Å². The van der Waals surface area contributed by atoms with Crippen LogP contribution in [0.4, 0.5) is 0 Å². The van der Waals surface area contributed by atoms with Crippen molar-refractivity contribution in [2.24, 2.45) is 5.11 Å². The number of Topliss-reactive ketones (excluding diaryl/α,β-unsaturated/α-hetero) is 1. The van der Waals surface area contributed by atoms with E-state index < -0.39 is 17.9 Å². The summed E-state index contributed by atoms with van der Waals surface area (Å²) in [6.45, 7) is 0. The highest BCUT2D eigenvalue weighted by Gasteiger charge is 2.27. The van der Waals surface area contributed by atoms with Gasteiger partial charge in [0.1, 0.15) is 6.04 Å². The molecule has 0 aliphatic rings. The number of rotatable bonds is 5. The topological polar surface area (TPSA) is 86.1 Å². The predicted molar refractivity (Wildman–Crippen MR) is 75.1 cm³/mol. The lowest BCUT2D eigenvalue weighted by atomic mass is 9.95. The molecule has 100 valence electrons. The van der Waals surface area contributed by atoms with Gasteiger partial charge in [-0.05, 0) is 11.1 Å². The number of hydrogen-bond donors (Lipinski definition) is 1. The van der Waals surface area contributed by atoms with Gasteiger partial charge >= 0.3 is 0 Å². The molecule has 0 radical (unpaired) electrons. The number of benzene rings is 2. The molecule has 0 unspecified atom stereocenters. The zero-order chi connectivity index (χ0) is 14.4. The standard InChI is InChI=1S/C15H13N3O2/c16-18-17-13(14(19)11-7-3-1-4-8-11)15(20)12-9-5-2-6-10-12/h1-10,13-14,19H/t13-,14+/m0/s1. The van der Waals surface area contributed by atoms with Gasteiger partial charge in [-0.1, -0.05) is 65.8 Å². The minimum atomic E-state index is -1.18. The Morgan fingerprint density at radius 1 is 1.05 bits per heavy atom. The van der Waals surface area contributed by atoms with E-state index >= 15 is 0 Å². The minimum Gasteiger partial charge on any atom is -0.388 e. The van der Waals surface area contributed by atoms with E-state index in [9.17, 15) is 9.90 Å². The van der Waals surface area contributed by atoms with E-state index in [2.05, 4.69) is 10.0 Å². The maximum atomic E-state index is 12.3. The molecule has 0 fully saturated rings. The first-order valence-corrected chi connectivity index (χ1v) is 6.10. The van der Waals surface area contributed by atoms with Crippen molar-refractivity contribution < 1.29 is 9.90 Å². The van der Waals surface area contributed by atoms with Crippen molar-refractivity contribution in [3.05, 3.63) is 82.2 Å². The molecule has 0 saturated carbocycles. The largest absolute Gasteiger partial charge is 0.388 e. The molecule has 1 N–H and O–H groups in total. The van der Waals surface area contributed by atoms with Gasteiger partial charge in [0.15, 0.2) is 5.78 Å². The molecule has 2 rings (SSSR count). The smallest absolute Gasteiger partial charge is 0.174 e. The molecule has 0 aliphatic heterocycles. The number of ketones is 1. The average molecular weight is 267 g/mol. The van der Waals surface area contributed by atoms with Crippen LogP contribution in [-0.2, 0) is 0 Å². The van der Waals surface area contributed by atoms with E-state index in [1.54, 1.807) is 60.7 Å². The van der Waals surface area contributed by atoms with Gasteiger partial charge in [-0.15, -0.1) is 0 Å². The highest BCUT2D eigenvalue weighted by atomic mass is 16.3. The van der Waals surface area contributed by atoms with Gasteiger partial charge in [-0.2, -0.15) is 0 Å². The molecule has 0 saturated heterocycles. The minimum absolute atomic E-state index is 0.403.